The predicted octanol–water partition coefficient (Wildman–Crippen LogP) is 2.95. The number of carbonyl (C=O) groups is 1. The van der Waals surface area contributed by atoms with Crippen molar-refractivity contribution in [1.82, 2.24) is 0 Å². The van der Waals surface area contributed by atoms with E-state index in [0.29, 0.717) is 24.7 Å². The van der Waals surface area contributed by atoms with Crippen LogP contribution in [-0.2, 0) is 9.47 Å². The van der Waals surface area contributed by atoms with Gasteiger partial charge in [-0.15, -0.1) is 0 Å². The molecule has 1 aromatic rings. The Morgan fingerprint density at radius 1 is 1.26 bits per heavy atom. The van der Waals surface area contributed by atoms with Gasteiger partial charge in [-0.3, -0.25) is 0 Å². The van der Waals surface area contributed by atoms with Crippen LogP contribution >= 0.6 is 0 Å². The maximum Gasteiger partial charge on any atom is 0.338 e. The Morgan fingerprint density at radius 3 is 2.37 bits per heavy atom. The first kappa shape index (κ1) is 15.5. The van der Waals surface area contributed by atoms with Crippen LogP contribution in [0.2, 0.25) is 0 Å². The van der Waals surface area contributed by atoms with E-state index in [0.717, 1.165) is 5.69 Å². The predicted molar refractivity (Wildman–Crippen MR) is 76.5 cm³/mol. The number of hydrogen-bond acceptors (Lipinski definition) is 4. The van der Waals surface area contributed by atoms with E-state index in [9.17, 15) is 4.79 Å². The molecule has 0 spiro atoms. The van der Waals surface area contributed by atoms with Gasteiger partial charge in [0.15, 0.2) is 0 Å². The highest BCUT2D eigenvalue weighted by Gasteiger charge is 2.13. The van der Waals surface area contributed by atoms with E-state index in [2.05, 4.69) is 19.2 Å². The minimum atomic E-state index is -0.286. The molecule has 0 aliphatic carbocycles. The molecular formula is C15H23NO3. The van der Waals surface area contributed by atoms with Gasteiger partial charge < -0.3 is 14.8 Å². The zero-order valence-corrected chi connectivity index (χ0v) is 12.1. The van der Waals surface area contributed by atoms with Crippen molar-refractivity contribution >= 4 is 11.7 Å². The number of esters is 1. The van der Waals surface area contributed by atoms with E-state index in [1.54, 1.807) is 26.2 Å². The fourth-order valence-electron chi connectivity index (χ4n) is 1.71. The third-order valence-electron chi connectivity index (χ3n) is 2.90. The SMILES string of the molecule is CCOC(=O)c1ccc(NC(COC)C(C)C)cc1. The minimum absolute atomic E-state index is 0.249. The quantitative estimate of drug-likeness (QED) is 0.770. The van der Waals surface area contributed by atoms with Crippen molar-refractivity contribution in [3.8, 4) is 0 Å². The van der Waals surface area contributed by atoms with Gasteiger partial charge in [-0.2, -0.15) is 0 Å². The fourth-order valence-corrected chi connectivity index (χ4v) is 1.71. The smallest absolute Gasteiger partial charge is 0.338 e. The lowest BCUT2D eigenvalue weighted by molar-refractivity contribution is 0.0526. The van der Waals surface area contributed by atoms with Crippen molar-refractivity contribution in [1.29, 1.82) is 0 Å². The Bertz CT molecular complexity index is 387. The molecule has 1 atom stereocenters. The average molecular weight is 265 g/mol. The zero-order valence-electron chi connectivity index (χ0n) is 12.1. The van der Waals surface area contributed by atoms with Gasteiger partial charge in [0.1, 0.15) is 0 Å². The molecular weight excluding hydrogens is 242 g/mol. The summed E-state index contributed by atoms with van der Waals surface area (Å²) in [5, 5.41) is 3.40. The van der Waals surface area contributed by atoms with Gasteiger partial charge in [-0.1, -0.05) is 13.8 Å². The molecule has 1 N–H and O–H groups in total. The summed E-state index contributed by atoms with van der Waals surface area (Å²) in [5.74, 6) is 0.177. The number of methoxy groups -OCH3 is 1. The summed E-state index contributed by atoms with van der Waals surface area (Å²) in [6, 6.07) is 7.56. The monoisotopic (exact) mass is 265 g/mol. The van der Waals surface area contributed by atoms with Crippen LogP contribution in [0.3, 0.4) is 0 Å². The fraction of sp³-hybridized carbons (Fsp3) is 0.533. The van der Waals surface area contributed by atoms with E-state index >= 15 is 0 Å². The maximum atomic E-state index is 11.5. The van der Waals surface area contributed by atoms with Crippen molar-refractivity contribution < 1.29 is 14.3 Å². The van der Waals surface area contributed by atoms with Crippen molar-refractivity contribution in [3.05, 3.63) is 29.8 Å². The van der Waals surface area contributed by atoms with Crippen LogP contribution in [0.1, 0.15) is 31.1 Å². The second kappa shape index (κ2) is 7.79. The molecule has 1 rings (SSSR count). The highest BCUT2D eigenvalue weighted by molar-refractivity contribution is 5.89. The van der Waals surface area contributed by atoms with E-state index in [-0.39, 0.29) is 12.0 Å². The summed E-state index contributed by atoms with van der Waals surface area (Å²) >= 11 is 0. The van der Waals surface area contributed by atoms with Gasteiger partial charge in [-0.05, 0) is 37.1 Å². The lowest BCUT2D eigenvalue weighted by atomic mass is 10.0. The van der Waals surface area contributed by atoms with Crippen LogP contribution in [0.15, 0.2) is 24.3 Å². The van der Waals surface area contributed by atoms with Gasteiger partial charge in [-0.25, -0.2) is 4.79 Å². The second-order valence-electron chi connectivity index (χ2n) is 4.75. The van der Waals surface area contributed by atoms with Gasteiger partial charge in [0.25, 0.3) is 0 Å². The van der Waals surface area contributed by atoms with Crippen LogP contribution in [-0.4, -0.2) is 32.3 Å². The van der Waals surface area contributed by atoms with E-state index < -0.39 is 0 Å². The summed E-state index contributed by atoms with van der Waals surface area (Å²) in [7, 11) is 1.70. The summed E-state index contributed by atoms with van der Waals surface area (Å²) in [4.78, 5) is 11.5. The minimum Gasteiger partial charge on any atom is -0.462 e. The van der Waals surface area contributed by atoms with Crippen LogP contribution in [0.25, 0.3) is 0 Å². The first-order chi connectivity index (χ1) is 9.08. The highest BCUT2D eigenvalue weighted by atomic mass is 16.5. The molecule has 0 radical (unpaired) electrons. The molecule has 19 heavy (non-hydrogen) atoms. The molecule has 0 aromatic heterocycles. The zero-order chi connectivity index (χ0) is 14.3. The molecule has 0 saturated carbocycles. The van der Waals surface area contributed by atoms with Crippen LogP contribution in [0.4, 0.5) is 5.69 Å². The van der Waals surface area contributed by atoms with E-state index in [1.807, 2.05) is 12.1 Å². The Morgan fingerprint density at radius 2 is 1.89 bits per heavy atom. The molecule has 1 aromatic carbocycles. The molecule has 4 heteroatoms. The number of anilines is 1. The number of ether oxygens (including phenoxy) is 2. The number of nitrogens with one attached hydrogen (secondary N) is 1. The molecule has 106 valence electrons. The number of carbonyl (C=O) groups excluding carboxylic acids is 1. The summed E-state index contributed by atoms with van der Waals surface area (Å²) in [5.41, 5.74) is 1.55. The normalized spacial score (nSPS) is 12.3. The summed E-state index contributed by atoms with van der Waals surface area (Å²) < 4.78 is 10.1. The summed E-state index contributed by atoms with van der Waals surface area (Å²) in [6.07, 6.45) is 0. The number of rotatable bonds is 7. The molecule has 4 nitrogen and oxygen atoms in total. The third kappa shape index (κ3) is 4.91. The molecule has 1 unspecified atom stereocenters. The highest BCUT2D eigenvalue weighted by Crippen LogP contribution is 2.15. The van der Waals surface area contributed by atoms with E-state index in [4.69, 9.17) is 9.47 Å². The Balaban J connectivity index is 2.67. The van der Waals surface area contributed by atoms with Crippen molar-refractivity contribution in [2.24, 2.45) is 5.92 Å². The van der Waals surface area contributed by atoms with Crippen molar-refractivity contribution in [2.75, 3.05) is 25.6 Å². The maximum absolute atomic E-state index is 11.5. The lowest BCUT2D eigenvalue weighted by Crippen LogP contribution is -2.30. The molecule has 0 fully saturated rings. The van der Waals surface area contributed by atoms with Gasteiger partial charge >= 0.3 is 5.97 Å². The summed E-state index contributed by atoms with van der Waals surface area (Å²) in [6.45, 7) is 7.12. The van der Waals surface area contributed by atoms with Crippen LogP contribution in [0, 0.1) is 5.92 Å². The molecule has 0 saturated heterocycles. The largest absolute Gasteiger partial charge is 0.462 e. The van der Waals surface area contributed by atoms with Gasteiger partial charge in [0, 0.05) is 12.8 Å². The standard InChI is InChI=1S/C15H23NO3/c1-5-19-15(17)12-6-8-13(9-7-12)16-14(10-18-4)11(2)3/h6-9,11,14,16H,5,10H2,1-4H3. The first-order valence-electron chi connectivity index (χ1n) is 6.61. The van der Waals surface area contributed by atoms with Crippen LogP contribution in [0.5, 0.6) is 0 Å². The molecule has 0 amide bonds. The van der Waals surface area contributed by atoms with Crippen LogP contribution < -0.4 is 5.32 Å². The molecule has 0 heterocycles. The van der Waals surface area contributed by atoms with Gasteiger partial charge in [0.05, 0.1) is 24.8 Å². The molecule has 0 aliphatic rings. The average Bonchev–Trinajstić information content (AvgIpc) is 2.39. The Kier molecular flexibility index (Phi) is 6.36. The first-order valence-corrected chi connectivity index (χ1v) is 6.61. The van der Waals surface area contributed by atoms with Gasteiger partial charge in [0.2, 0.25) is 0 Å². The third-order valence-corrected chi connectivity index (χ3v) is 2.90. The Hall–Kier alpha value is -1.55. The van der Waals surface area contributed by atoms with Crippen molar-refractivity contribution in [2.45, 2.75) is 26.8 Å². The number of hydrogen-bond donors (Lipinski definition) is 1. The second-order valence-corrected chi connectivity index (χ2v) is 4.75. The molecule has 0 bridgehead atoms. The van der Waals surface area contributed by atoms with Crippen molar-refractivity contribution in [3.63, 3.8) is 0 Å². The van der Waals surface area contributed by atoms with E-state index in [1.165, 1.54) is 0 Å². The molecule has 0 aliphatic heterocycles. The topological polar surface area (TPSA) is 47.6 Å². The lowest BCUT2D eigenvalue weighted by Gasteiger charge is -2.22. The number of benzene rings is 1. The Labute approximate surface area is 115 Å².